The lowest BCUT2D eigenvalue weighted by Gasteiger charge is -2.15. The quantitative estimate of drug-likeness (QED) is 0.301. The van der Waals surface area contributed by atoms with E-state index in [1.54, 1.807) is 30.3 Å². The Morgan fingerprint density at radius 1 is 1.13 bits per heavy atom. The lowest BCUT2D eigenvalue weighted by Crippen LogP contribution is -2.33. The molecule has 0 N–H and O–H groups in total. The number of ether oxygens (including phenoxy) is 1. The molecule has 9 heteroatoms. The van der Waals surface area contributed by atoms with Gasteiger partial charge in [0.2, 0.25) is 11.8 Å². The Balaban J connectivity index is 1.83. The normalized spacial score (nSPS) is 22.8. The van der Waals surface area contributed by atoms with Gasteiger partial charge in [0, 0.05) is 26.6 Å². The fraction of sp³-hybridized carbons (Fsp3) is 0.318. The zero-order chi connectivity index (χ0) is 23.2. The summed E-state index contributed by atoms with van der Waals surface area (Å²) < 4.78 is 59.5. The van der Waals surface area contributed by atoms with Crippen LogP contribution >= 0.6 is 15.9 Å². The molecule has 0 amide bonds. The maximum Gasteiger partial charge on any atom is 0.423 e. The highest BCUT2D eigenvalue weighted by Gasteiger charge is 2.88. The SMILES string of the molecule is CC1(C)C(C(=O)OC(C#N)c2cccc(C(=O)c3cccc(Br)c3)c2)C1(F)C(F)(F)F. The van der Waals surface area contributed by atoms with E-state index < -0.39 is 35.3 Å². The van der Waals surface area contributed by atoms with Gasteiger partial charge in [0.15, 0.2) is 5.78 Å². The highest BCUT2D eigenvalue weighted by molar-refractivity contribution is 9.10. The summed E-state index contributed by atoms with van der Waals surface area (Å²) in [6.45, 7) is 1.95. The van der Waals surface area contributed by atoms with Crippen molar-refractivity contribution in [3.05, 3.63) is 69.7 Å². The molecule has 1 aliphatic rings. The molecule has 3 atom stereocenters. The third-order valence-electron chi connectivity index (χ3n) is 5.51. The van der Waals surface area contributed by atoms with Gasteiger partial charge in [-0.25, -0.2) is 4.39 Å². The van der Waals surface area contributed by atoms with Crippen LogP contribution in [0, 0.1) is 22.7 Å². The Kier molecular flexibility index (Phi) is 5.74. The van der Waals surface area contributed by atoms with Crippen LogP contribution in [0.3, 0.4) is 0 Å². The van der Waals surface area contributed by atoms with Crippen molar-refractivity contribution in [3.63, 3.8) is 0 Å². The predicted molar refractivity (Wildman–Crippen MR) is 106 cm³/mol. The van der Waals surface area contributed by atoms with E-state index in [-0.39, 0.29) is 16.9 Å². The number of carbonyl (C=O) groups excluding carboxylic acids is 2. The molecule has 4 nitrogen and oxygen atoms in total. The van der Waals surface area contributed by atoms with E-state index in [9.17, 15) is 32.4 Å². The lowest BCUT2D eigenvalue weighted by atomic mass is 9.99. The minimum Gasteiger partial charge on any atom is -0.442 e. The van der Waals surface area contributed by atoms with Gasteiger partial charge in [0.05, 0.1) is 0 Å². The third-order valence-corrected chi connectivity index (χ3v) is 6.00. The summed E-state index contributed by atoms with van der Waals surface area (Å²) in [5.74, 6) is -3.91. The molecule has 3 rings (SSSR count). The molecule has 0 heterocycles. The van der Waals surface area contributed by atoms with Gasteiger partial charge in [-0.3, -0.25) is 9.59 Å². The predicted octanol–water partition coefficient (Wildman–Crippen LogP) is 5.71. The number of hydrogen-bond acceptors (Lipinski definition) is 4. The minimum absolute atomic E-state index is 0.0895. The smallest absolute Gasteiger partial charge is 0.423 e. The van der Waals surface area contributed by atoms with Crippen molar-refractivity contribution in [2.45, 2.75) is 31.8 Å². The first kappa shape index (κ1) is 22.9. The second-order valence-corrected chi connectivity index (χ2v) is 8.69. The molecule has 2 aromatic rings. The number of benzene rings is 2. The summed E-state index contributed by atoms with van der Waals surface area (Å²) in [7, 11) is 0. The number of halogens is 5. The number of alkyl halides is 4. The van der Waals surface area contributed by atoms with E-state index in [0.717, 1.165) is 13.8 Å². The van der Waals surface area contributed by atoms with E-state index in [2.05, 4.69) is 15.9 Å². The first-order valence-electron chi connectivity index (χ1n) is 9.10. The molecule has 0 radical (unpaired) electrons. The number of ketones is 1. The number of rotatable bonds is 5. The topological polar surface area (TPSA) is 67.2 Å². The standard InChI is InChI=1S/C22H16BrF4NO3/c1-20(2)18(21(20,24)22(25,26)27)19(30)31-16(11-28)12-5-3-6-13(9-12)17(29)14-7-4-8-15(23)10-14/h3-10,16,18H,1-2H3. The van der Waals surface area contributed by atoms with Crippen LogP contribution in [-0.4, -0.2) is 23.6 Å². The van der Waals surface area contributed by atoms with E-state index in [4.69, 9.17) is 4.74 Å². The second-order valence-electron chi connectivity index (χ2n) is 7.78. The summed E-state index contributed by atoms with van der Waals surface area (Å²) in [6.07, 6.45) is -6.85. The van der Waals surface area contributed by atoms with Crippen molar-refractivity contribution in [1.29, 1.82) is 5.26 Å². The van der Waals surface area contributed by atoms with E-state index in [1.165, 1.54) is 24.3 Å². The zero-order valence-corrected chi connectivity index (χ0v) is 17.9. The van der Waals surface area contributed by atoms with Crippen LogP contribution in [0.1, 0.15) is 41.4 Å². The van der Waals surface area contributed by atoms with Crippen LogP contribution in [0.2, 0.25) is 0 Å². The molecule has 0 spiro atoms. The van der Waals surface area contributed by atoms with Crippen molar-refractivity contribution >= 4 is 27.7 Å². The van der Waals surface area contributed by atoms with Gasteiger partial charge in [-0.2, -0.15) is 18.4 Å². The Morgan fingerprint density at radius 3 is 2.23 bits per heavy atom. The molecule has 0 bridgehead atoms. The monoisotopic (exact) mass is 497 g/mol. The fourth-order valence-electron chi connectivity index (χ4n) is 3.69. The minimum atomic E-state index is -5.25. The van der Waals surface area contributed by atoms with Crippen molar-refractivity contribution in [2.75, 3.05) is 0 Å². The summed E-state index contributed by atoms with van der Waals surface area (Å²) in [5.41, 5.74) is -5.10. The average molecular weight is 498 g/mol. The maximum atomic E-state index is 14.5. The molecule has 31 heavy (non-hydrogen) atoms. The Morgan fingerprint density at radius 2 is 1.71 bits per heavy atom. The molecule has 2 aromatic carbocycles. The van der Waals surface area contributed by atoms with Crippen molar-refractivity contribution in [1.82, 2.24) is 0 Å². The molecule has 0 saturated heterocycles. The van der Waals surface area contributed by atoms with E-state index in [0.29, 0.717) is 10.0 Å². The second kappa shape index (κ2) is 7.75. The summed E-state index contributed by atoms with van der Waals surface area (Å²) in [6, 6.07) is 13.9. The van der Waals surface area contributed by atoms with Crippen LogP contribution in [0.25, 0.3) is 0 Å². The van der Waals surface area contributed by atoms with Crippen LogP contribution in [0.5, 0.6) is 0 Å². The van der Waals surface area contributed by atoms with Gasteiger partial charge in [0.1, 0.15) is 12.0 Å². The van der Waals surface area contributed by atoms with Crippen LogP contribution < -0.4 is 0 Å². The lowest BCUT2D eigenvalue weighted by molar-refractivity contribution is -0.208. The highest BCUT2D eigenvalue weighted by atomic mass is 79.9. The molecular formula is C22H16BrF4NO3. The number of nitriles is 1. The van der Waals surface area contributed by atoms with Crippen molar-refractivity contribution < 1.29 is 31.9 Å². The van der Waals surface area contributed by atoms with Crippen LogP contribution in [-0.2, 0) is 9.53 Å². The zero-order valence-electron chi connectivity index (χ0n) is 16.3. The molecule has 162 valence electrons. The molecule has 0 aliphatic heterocycles. The van der Waals surface area contributed by atoms with E-state index in [1.807, 2.05) is 0 Å². The number of hydrogen-bond donors (Lipinski definition) is 0. The highest BCUT2D eigenvalue weighted by Crippen LogP contribution is 2.71. The van der Waals surface area contributed by atoms with Crippen molar-refractivity contribution in [2.24, 2.45) is 11.3 Å². The first-order valence-corrected chi connectivity index (χ1v) is 9.90. The fourth-order valence-corrected chi connectivity index (χ4v) is 4.09. The molecule has 1 aliphatic carbocycles. The van der Waals surface area contributed by atoms with Gasteiger partial charge in [-0.1, -0.05) is 60.1 Å². The van der Waals surface area contributed by atoms with Gasteiger partial charge >= 0.3 is 12.1 Å². The molecule has 1 fully saturated rings. The molecule has 0 aromatic heterocycles. The first-order chi connectivity index (χ1) is 14.3. The van der Waals surface area contributed by atoms with E-state index >= 15 is 0 Å². The summed E-state index contributed by atoms with van der Waals surface area (Å²) in [5, 5.41) is 9.40. The summed E-state index contributed by atoms with van der Waals surface area (Å²) in [4.78, 5) is 25.0. The number of carbonyl (C=O) groups is 2. The van der Waals surface area contributed by atoms with Gasteiger partial charge < -0.3 is 4.74 Å². The van der Waals surface area contributed by atoms with Crippen molar-refractivity contribution in [3.8, 4) is 6.07 Å². The third kappa shape index (κ3) is 3.85. The summed E-state index contributed by atoms with van der Waals surface area (Å²) >= 11 is 3.27. The number of nitrogens with zero attached hydrogens (tertiary/aromatic N) is 1. The van der Waals surface area contributed by atoms with Gasteiger partial charge in [-0.05, 0) is 18.2 Å². The Hall–Kier alpha value is -2.73. The molecular weight excluding hydrogens is 482 g/mol. The Labute approximate surface area is 183 Å². The van der Waals surface area contributed by atoms with Crippen LogP contribution in [0.15, 0.2) is 53.0 Å². The molecule has 1 saturated carbocycles. The average Bonchev–Trinajstić information content (AvgIpc) is 3.19. The Bertz CT molecular complexity index is 1090. The van der Waals surface area contributed by atoms with Gasteiger partial charge in [0.25, 0.3) is 0 Å². The number of esters is 1. The van der Waals surface area contributed by atoms with Crippen LogP contribution in [0.4, 0.5) is 17.6 Å². The molecule has 3 unspecified atom stereocenters. The largest absolute Gasteiger partial charge is 0.442 e. The maximum absolute atomic E-state index is 14.5. The van der Waals surface area contributed by atoms with Gasteiger partial charge in [-0.15, -0.1) is 0 Å².